The summed E-state index contributed by atoms with van der Waals surface area (Å²) in [4.78, 5) is 6.79. The van der Waals surface area contributed by atoms with Crippen LogP contribution in [-0.2, 0) is 6.54 Å². The number of hydrogen-bond acceptors (Lipinski definition) is 4. The molecule has 0 aromatic carbocycles. The van der Waals surface area contributed by atoms with Gasteiger partial charge in [-0.1, -0.05) is 0 Å². The van der Waals surface area contributed by atoms with E-state index in [0.717, 1.165) is 19.6 Å². The summed E-state index contributed by atoms with van der Waals surface area (Å²) in [5.74, 6) is 0.613. The van der Waals surface area contributed by atoms with Crippen LogP contribution in [0, 0.1) is 0 Å². The predicted octanol–water partition coefficient (Wildman–Crippen LogP) is 1.86. The number of rotatable bonds is 3. The van der Waals surface area contributed by atoms with Gasteiger partial charge in [0.25, 0.3) is 0 Å². The van der Waals surface area contributed by atoms with Crippen LogP contribution in [0.25, 0.3) is 0 Å². The number of nitrogens with one attached hydrogen (secondary N) is 1. The molecule has 16 heavy (non-hydrogen) atoms. The van der Waals surface area contributed by atoms with E-state index >= 15 is 0 Å². The van der Waals surface area contributed by atoms with Crippen LogP contribution in [0.2, 0.25) is 0 Å². The van der Waals surface area contributed by atoms with E-state index in [1.807, 2.05) is 17.8 Å². The third-order valence-electron chi connectivity index (χ3n) is 3.08. The summed E-state index contributed by atoms with van der Waals surface area (Å²) in [6, 6.07) is 2.08. The van der Waals surface area contributed by atoms with Crippen molar-refractivity contribution in [3.05, 3.63) is 34.5 Å². The first-order chi connectivity index (χ1) is 7.92. The van der Waals surface area contributed by atoms with Crippen molar-refractivity contribution >= 4 is 11.3 Å². The van der Waals surface area contributed by atoms with Gasteiger partial charge < -0.3 is 0 Å². The van der Waals surface area contributed by atoms with Crippen molar-refractivity contribution in [2.45, 2.75) is 18.9 Å². The zero-order chi connectivity index (χ0) is 10.8. The van der Waals surface area contributed by atoms with Crippen molar-refractivity contribution < 1.29 is 0 Å². The van der Waals surface area contributed by atoms with E-state index in [-0.39, 0.29) is 0 Å². The molecule has 0 saturated carbocycles. The van der Waals surface area contributed by atoms with Gasteiger partial charge in [-0.2, -0.15) is 5.10 Å². The number of nitrogens with zero attached hydrogens (tertiary/aromatic N) is 3. The van der Waals surface area contributed by atoms with E-state index in [1.54, 1.807) is 11.3 Å². The highest BCUT2D eigenvalue weighted by molar-refractivity contribution is 7.09. The van der Waals surface area contributed by atoms with Gasteiger partial charge in [-0.05, 0) is 19.0 Å². The van der Waals surface area contributed by atoms with Crippen molar-refractivity contribution in [1.82, 2.24) is 20.1 Å². The zero-order valence-electron chi connectivity index (χ0n) is 8.97. The number of likely N-dealkylation sites (tertiary alicyclic amines) is 1. The summed E-state index contributed by atoms with van der Waals surface area (Å²) in [5, 5.41) is 10.3. The van der Waals surface area contributed by atoms with Crippen molar-refractivity contribution in [3.8, 4) is 0 Å². The molecule has 0 unspecified atom stereocenters. The molecule has 2 aromatic rings. The topological polar surface area (TPSA) is 44.8 Å². The van der Waals surface area contributed by atoms with E-state index in [2.05, 4.69) is 26.1 Å². The smallest absolute Gasteiger partial charge is 0.107 e. The Morgan fingerprint density at radius 3 is 3.25 bits per heavy atom. The van der Waals surface area contributed by atoms with Crippen LogP contribution in [-0.4, -0.2) is 33.2 Å². The normalized spacial score (nSPS) is 21.6. The Morgan fingerprint density at radius 1 is 1.50 bits per heavy atom. The molecule has 3 heterocycles. The minimum atomic E-state index is 0.613. The number of hydrogen-bond donors (Lipinski definition) is 1. The average Bonchev–Trinajstić information content (AvgIpc) is 2.99. The van der Waals surface area contributed by atoms with Gasteiger partial charge in [0.15, 0.2) is 0 Å². The third kappa shape index (κ3) is 2.01. The molecule has 0 aliphatic carbocycles. The maximum absolute atomic E-state index is 4.32. The van der Waals surface area contributed by atoms with E-state index < -0.39 is 0 Å². The molecular weight excluding hydrogens is 220 g/mol. The molecule has 1 fully saturated rings. The van der Waals surface area contributed by atoms with Gasteiger partial charge in [0.05, 0.1) is 6.54 Å². The highest BCUT2D eigenvalue weighted by Crippen LogP contribution is 2.26. The van der Waals surface area contributed by atoms with Crippen LogP contribution in [0.15, 0.2) is 23.8 Å². The lowest BCUT2D eigenvalue weighted by molar-refractivity contribution is 0.326. The van der Waals surface area contributed by atoms with Crippen molar-refractivity contribution in [1.29, 1.82) is 0 Å². The molecule has 0 bridgehead atoms. The van der Waals surface area contributed by atoms with E-state index in [0.29, 0.717) is 5.92 Å². The fraction of sp³-hybridized carbons (Fsp3) is 0.455. The van der Waals surface area contributed by atoms with Crippen LogP contribution in [0.1, 0.15) is 23.0 Å². The standard InChI is InChI=1S/C11H14N4S/c1-3-13-14-10(1)9-2-5-15(7-9)8-11-12-4-6-16-11/h1,3-4,6,9H,2,5,7-8H2,(H,13,14)/t9-/m1/s1. The average molecular weight is 234 g/mol. The Labute approximate surface area is 98.3 Å². The molecule has 1 saturated heterocycles. The van der Waals surface area contributed by atoms with Gasteiger partial charge in [-0.3, -0.25) is 10.00 Å². The molecule has 0 amide bonds. The molecular formula is C11H14N4S. The number of aromatic amines is 1. The van der Waals surface area contributed by atoms with Crippen LogP contribution in [0.5, 0.6) is 0 Å². The maximum atomic E-state index is 4.32. The number of aromatic nitrogens is 3. The lowest BCUT2D eigenvalue weighted by atomic mass is 10.1. The molecule has 0 radical (unpaired) electrons. The third-order valence-corrected chi connectivity index (χ3v) is 3.84. The van der Waals surface area contributed by atoms with Gasteiger partial charge >= 0.3 is 0 Å². The number of H-pyrrole nitrogens is 1. The lowest BCUT2D eigenvalue weighted by Gasteiger charge is -2.13. The highest BCUT2D eigenvalue weighted by atomic mass is 32.1. The van der Waals surface area contributed by atoms with Gasteiger partial charge in [0.2, 0.25) is 0 Å². The summed E-state index contributed by atoms with van der Waals surface area (Å²) >= 11 is 1.74. The first kappa shape index (κ1) is 9.99. The Morgan fingerprint density at radius 2 is 2.50 bits per heavy atom. The van der Waals surface area contributed by atoms with Gasteiger partial charge in [0, 0.05) is 35.9 Å². The molecule has 4 nitrogen and oxygen atoms in total. The second-order valence-corrected chi connectivity index (χ2v) is 5.14. The lowest BCUT2D eigenvalue weighted by Crippen LogP contribution is -2.19. The summed E-state index contributed by atoms with van der Waals surface area (Å²) < 4.78 is 0. The Balaban J connectivity index is 1.61. The monoisotopic (exact) mass is 234 g/mol. The van der Waals surface area contributed by atoms with Gasteiger partial charge in [-0.25, -0.2) is 4.98 Å². The van der Waals surface area contributed by atoms with Crippen LogP contribution >= 0.6 is 11.3 Å². The fourth-order valence-electron chi connectivity index (χ4n) is 2.25. The number of thiazole rings is 1. The molecule has 0 spiro atoms. The Bertz CT molecular complexity index is 423. The largest absolute Gasteiger partial charge is 0.296 e. The Hall–Kier alpha value is -1.20. The van der Waals surface area contributed by atoms with Gasteiger partial charge in [0.1, 0.15) is 5.01 Å². The van der Waals surface area contributed by atoms with Crippen LogP contribution in [0.4, 0.5) is 0 Å². The summed E-state index contributed by atoms with van der Waals surface area (Å²) in [6.07, 6.45) is 4.93. The molecule has 5 heteroatoms. The second kappa shape index (κ2) is 4.35. The minimum absolute atomic E-state index is 0.613. The molecule has 3 rings (SSSR count). The van der Waals surface area contributed by atoms with Crippen molar-refractivity contribution in [2.24, 2.45) is 0 Å². The molecule has 1 N–H and O–H groups in total. The van der Waals surface area contributed by atoms with Crippen LogP contribution < -0.4 is 0 Å². The van der Waals surface area contributed by atoms with E-state index in [4.69, 9.17) is 0 Å². The first-order valence-corrected chi connectivity index (χ1v) is 6.40. The summed E-state index contributed by atoms with van der Waals surface area (Å²) in [7, 11) is 0. The maximum Gasteiger partial charge on any atom is 0.107 e. The molecule has 1 aliphatic heterocycles. The minimum Gasteiger partial charge on any atom is -0.296 e. The molecule has 84 valence electrons. The van der Waals surface area contributed by atoms with E-state index in [1.165, 1.54) is 17.1 Å². The zero-order valence-corrected chi connectivity index (χ0v) is 9.78. The van der Waals surface area contributed by atoms with Crippen molar-refractivity contribution in [3.63, 3.8) is 0 Å². The second-order valence-electron chi connectivity index (χ2n) is 4.16. The SMILES string of the molecule is c1cc([C@@H]2CCN(Cc3nccs3)C2)[nH]n1. The fourth-order valence-corrected chi connectivity index (χ4v) is 2.90. The van der Waals surface area contributed by atoms with Crippen molar-refractivity contribution in [2.75, 3.05) is 13.1 Å². The van der Waals surface area contributed by atoms with E-state index in [9.17, 15) is 0 Å². The summed E-state index contributed by atoms with van der Waals surface area (Å²) in [6.45, 7) is 3.26. The molecule has 2 aromatic heterocycles. The Kier molecular flexibility index (Phi) is 2.71. The first-order valence-electron chi connectivity index (χ1n) is 5.52. The quantitative estimate of drug-likeness (QED) is 0.881. The predicted molar refractivity (Wildman–Crippen MR) is 63.3 cm³/mol. The van der Waals surface area contributed by atoms with Crippen LogP contribution in [0.3, 0.4) is 0 Å². The van der Waals surface area contributed by atoms with Gasteiger partial charge in [-0.15, -0.1) is 11.3 Å². The molecule has 1 aliphatic rings. The highest BCUT2D eigenvalue weighted by Gasteiger charge is 2.24. The molecule has 1 atom stereocenters. The summed E-state index contributed by atoms with van der Waals surface area (Å²) in [5.41, 5.74) is 1.27.